The largest absolute Gasteiger partial charge is 0.469 e. The summed E-state index contributed by atoms with van der Waals surface area (Å²) in [6.45, 7) is 5.86. The standard InChI is InChI=1S/C13H18BrNO2/c1-8-7-11(5-6-12(8)14)15-10(3)9(2)13(16)17-4/h5-7,9-10,15H,1-4H3. The van der Waals surface area contributed by atoms with Crippen molar-refractivity contribution in [2.24, 2.45) is 5.92 Å². The molecule has 1 N–H and O–H groups in total. The van der Waals surface area contributed by atoms with E-state index in [1.54, 1.807) is 0 Å². The summed E-state index contributed by atoms with van der Waals surface area (Å²) in [5.74, 6) is -0.372. The summed E-state index contributed by atoms with van der Waals surface area (Å²) in [5, 5.41) is 3.30. The Morgan fingerprint density at radius 3 is 2.59 bits per heavy atom. The molecule has 0 fully saturated rings. The first-order valence-electron chi connectivity index (χ1n) is 5.56. The molecule has 0 aliphatic rings. The van der Waals surface area contributed by atoms with Gasteiger partial charge >= 0.3 is 5.97 Å². The van der Waals surface area contributed by atoms with Crippen molar-refractivity contribution in [3.05, 3.63) is 28.2 Å². The van der Waals surface area contributed by atoms with Crippen LogP contribution in [0.25, 0.3) is 0 Å². The fourth-order valence-electron chi connectivity index (χ4n) is 1.51. The van der Waals surface area contributed by atoms with Crippen molar-refractivity contribution in [2.75, 3.05) is 12.4 Å². The summed E-state index contributed by atoms with van der Waals surface area (Å²) < 4.78 is 5.81. The van der Waals surface area contributed by atoms with Crippen molar-refractivity contribution in [3.8, 4) is 0 Å². The highest BCUT2D eigenvalue weighted by Gasteiger charge is 2.20. The van der Waals surface area contributed by atoms with Gasteiger partial charge in [-0.2, -0.15) is 0 Å². The van der Waals surface area contributed by atoms with Crippen molar-refractivity contribution in [1.82, 2.24) is 0 Å². The van der Waals surface area contributed by atoms with Crippen molar-refractivity contribution >= 4 is 27.6 Å². The van der Waals surface area contributed by atoms with Gasteiger partial charge in [-0.05, 0) is 44.5 Å². The monoisotopic (exact) mass is 299 g/mol. The van der Waals surface area contributed by atoms with Crippen molar-refractivity contribution < 1.29 is 9.53 Å². The molecule has 0 aliphatic carbocycles. The average Bonchev–Trinajstić information content (AvgIpc) is 2.31. The van der Waals surface area contributed by atoms with Crippen molar-refractivity contribution in [2.45, 2.75) is 26.8 Å². The number of aryl methyl sites for hydroxylation is 1. The number of anilines is 1. The lowest BCUT2D eigenvalue weighted by molar-refractivity contribution is -0.145. The first kappa shape index (κ1) is 14.0. The van der Waals surface area contributed by atoms with Crippen LogP contribution in [0.5, 0.6) is 0 Å². The lowest BCUT2D eigenvalue weighted by Gasteiger charge is -2.20. The number of methoxy groups -OCH3 is 1. The van der Waals surface area contributed by atoms with E-state index in [-0.39, 0.29) is 17.9 Å². The summed E-state index contributed by atoms with van der Waals surface area (Å²) in [4.78, 5) is 11.4. The predicted octanol–water partition coefficient (Wildman–Crippen LogP) is 3.37. The molecular formula is C13H18BrNO2. The first-order valence-corrected chi connectivity index (χ1v) is 6.35. The van der Waals surface area contributed by atoms with E-state index >= 15 is 0 Å². The van der Waals surface area contributed by atoms with Crippen LogP contribution in [0, 0.1) is 12.8 Å². The lowest BCUT2D eigenvalue weighted by Crippen LogP contribution is -2.30. The second kappa shape index (κ2) is 6.05. The Kier molecular flexibility index (Phi) is 5.00. The zero-order valence-electron chi connectivity index (χ0n) is 10.6. The van der Waals surface area contributed by atoms with Crippen molar-refractivity contribution in [3.63, 3.8) is 0 Å². The van der Waals surface area contributed by atoms with E-state index in [0.717, 1.165) is 15.7 Å². The number of nitrogens with one attached hydrogen (secondary N) is 1. The van der Waals surface area contributed by atoms with Gasteiger partial charge in [0.15, 0.2) is 0 Å². The quantitative estimate of drug-likeness (QED) is 0.866. The molecule has 0 heterocycles. The number of carbonyl (C=O) groups is 1. The third-order valence-corrected chi connectivity index (χ3v) is 3.77. The molecule has 0 aliphatic heterocycles. The van der Waals surface area contributed by atoms with Gasteiger partial charge in [0.25, 0.3) is 0 Å². The van der Waals surface area contributed by atoms with E-state index in [1.165, 1.54) is 7.11 Å². The second-order valence-electron chi connectivity index (χ2n) is 4.21. The zero-order chi connectivity index (χ0) is 13.0. The molecule has 1 aromatic rings. The Morgan fingerprint density at radius 1 is 1.41 bits per heavy atom. The summed E-state index contributed by atoms with van der Waals surface area (Å²) in [6.07, 6.45) is 0. The van der Waals surface area contributed by atoms with Crippen LogP contribution in [0.15, 0.2) is 22.7 Å². The molecule has 0 amide bonds. The number of benzene rings is 1. The molecule has 0 spiro atoms. The van der Waals surface area contributed by atoms with Gasteiger partial charge in [0.1, 0.15) is 0 Å². The molecule has 1 aromatic carbocycles. The van der Waals surface area contributed by atoms with E-state index in [9.17, 15) is 4.79 Å². The Bertz CT molecular complexity index is 406. The van der Waals surface area contributed by atoms with Crippen LogP contribution in [-0.2, 0) is 9.53 Å². The maximum Gasteiger partial charge on any atom is 0.310 e. The van der Waals surface area contributed by atoms with Gasteiger partial charge in [-0.1, -0.05) is 15.9 Å². The molecule has 1 rings (SSSR count). The normalized spacial score (nSPS) is 13.9. The van der Waals surface area contributed by atoms with Crippen LogP contribution >= 0.6 is 15.9 Å². The Morgan fingerprint density at radius 2 is 2.06 bits per heavy atom. The summed E-state index contributed by atoms with van der Waals surface area (Å²) >= 11 is 3.46. The lowest BCUT2D eigenvalue weighted by atomic mass is 10.0. The number of hydrogen-bond acceptors (Lipinski definition) is 3. The minimum atomic E-state index is -0.196. The zero-order valence-corrected chi connectivity index (χ0v) is 12.2. The minimum Gasteiger partial charge on any atom is -0.469 e. The Balaban J connectivity index is 2.70. The fraction of sp³-hybridized carbons (Fsp3) is 0.462. The highest BCUT2D eigenvalue weighted by atomic mass is 79.9. The molecule has 0 aromatic heterocycles. The van der Waals surface area contributed by atoms with E-state index in [4.69, 9.17) is 4.74 Å². The summed E-state index contributed by atoms with van der Waals surface area (Å²) in [5.41, 5.74) is 2.17. The van der Waals surface area contributed by atoms with E-state index < -0.39 is 0 Å². The minimum absolute atomic E-state index is 0.0306. The molecule has 0 saturated carbocycles. The van der Waals surface area contributed by atoms with E-state index in [1.807, 2.05) is 39.0 Å². The molecule has 94 valence electrons. The average molecular weight is 300 g/mol. The predicted molar refractivity (Wildman–Crippen MR) is 73.1 cm³/mol. The smallest absolute Gasteiger partial charge is 0.310 e. The fourth-order valence-corrected chi connectivity index (χ4v) is 1.76. The highest BCUT2D eigenvalue weighted by molar-refractivity contribution is 9.10. The first-order chi connectivity index (χ1) is 7.95. The van der Waals surface area contributed by atoms with Gasteiger partial charge < -0.3 is 10.1 Å². The third-order valence-electron chi connectivity index (χ3n) is 2.88. The molecule has 0 radical (unpaired) electrons. The van der Waals surface area contributed by atoms with Crippen LogP contribution in [0.3, 0.4) is 0 Å². The van der Waals surface area contributed by atoms with Crippen LogP contribution in [-0.4, -0.2) is 19.1 Å². The molecule has 2 atom stereocenters. The molecule has 0 saturated heterocycles. The van der Waals surface area contributed by atoms with Gasteiger partial charge in [-0.25, -0.2) is 0 Å². The van der Waals surface area contributed by atoms with Crippen LogP contribution < -0.4 is 5.32 Å². The van der Waals surface area contributed by atoms with Gasteiger partial charge in [-0.15, -0.1) is 0 Å². The number of ether oxygens (including phenoxy) is 1. The topological polar surface area (TPSA) is 38.3 Å². The second-order valence-corrected chi connectivity index (χ2v) is 5.06. The van der Waals surface area contributed by atoms with E-state index in [0.29, 0.717) is 0 Å². The molecular weight excluding hydrogens is 282 g/mol. The number of esters is 1. The van der Waals surface area contributed by atoms with Gasteiger partial charge in [0.05, 0.1) is 13.0 Å². The summed E-state index contributed by atoms with van der Waals surface area (Å²) in [6, 6.07) is 6.05. The van der Waals surface area contributed by atoms with Crippen LogP contribution in [0.2, 0.25) is 0 Å². The van der Waals surface area contributed by atoms with Crippen molar-refractivity contribution in [1.29, 1.82) is 0 Å². The van der Waals surface area contributed by atoms with Gasteiger partial charge in [0.2, 0.25) is 0 Å². The molecule has 4 heteroatoms. The van der Waals surface area contributed by atoms with E-state index in [2.05, 4.69) is 21.2 Å². The molecule has 0 bridgehead atoms. The number of hydrogen-bond donors (Lipinski definition) is 1. The van der Waals surface area contributed by atoms with Gasteiger partial charge in [0, 0.05) is 16.2 Å². The number of halogens is 1. The maximum absolute atomic E-state index is 11.4. The number of carbonyl (C=O) groups excluding carboxylic acids is 1. The molecule has 17 heavy (non-hydrogen) atoms. The highest BCUT2D eigenvalue weighted by Crippen LogP contribution is 2.21. The molecule has 3 nitrogen and oxygen atoms in total. The SMILES string of the molecule is COC(=O)C(C)C(C)Nc1ccc(Br)c(C)c1. The summed E-state index contributed by atoms with van der Waals surface area (Å²) in [7, 11) is 1.41. The maximum atomic E-state index is 11.4. The van der Waals surface area contributed by atoms with Crippen LogP contribution in [0.1, 0.15) is 19.4 Å². The Labute approximate surface area is 111 Å². The third kappa shape index (κ3) is 3.73. The Hall–Kier alpha value is -1.03. The van der Waals surface area contributed by atoms with Gasteiger partial charge in [-0.3, -0.25) is 4.79 Å². The molecule has 2 unspecified atom stereocenters. The number of rotatable bonds is 4. The van der Waals surface area contributed by atoms with Crippen LogP contribution in [0.4, 0.5) is 5.69 Å².